The van der Waals surface area contributed by atoms with Gasteiger partial charge in [-0.15, -0.1) is 0 Å². The van der Waals surface area contributed by atoms with E-state index >= 15 is 0 Å². The quantitative estimate of drug-likeness (QED) is 0.250. The summed E-state index contributed by atoms with van der Waals surface area (Å²) in [5, 5.41) is 11.8. The fraction of sp³-hybridized carbons (Fsp3) is 0.393. The third kappa shape index (κ3) is 10.1. The number of carboxylic acids is 1. The fourth-order valence-corrected chi connectivity index (χ4v) is 4.88. The van der Waals surface area contributed by atoms with E-state index in [0.717, 1.165) is 40.8 Å². The molecule has 2 heterocycles. The Morgan fingerprint density at radius 1 is 1.12 bits per heavy atom. The minimum absolute atomic E-state index is 0.172. The van der Waals surface area contributed by atoms with Gasteiger partial charge in [-0.3, -0.25) is 0 Å². The molecule has 1 aliphatic heterocycles. The SMILES string of the molecule is CN1Cc2c(Cl)cc(Cl)cc2[C@H](c2cccc(-c3cc(NCCOCCOCCN)ncn3)c2)C1.O=C(O)C(F)(F)F. The van der Waals surface area contributed by atoms with Crippen LogP contribution < -0.4 is 11.1 Å². The predicted molar refractivity (Wildman–Crippen MR) is 155 cm³/mol. The van der Waals surface area contributed by atoms with Gasteiger partial charge in [0.2, 0.25) is 0 Å². The highest BCUT2D eigenvalue weighted by Crippen LogP contribution is 2.39. The first kappa shape index (κ1) is 33.5. The zero-order chi connectivity index (χ0) is 30.7. The molecule has 0 spiro atoms. The highest BCUT2D eigenvalue weighted by Gasteiger charge is 2.38. The average Bonchev–Trinajstić information content (AvgIpc) is 2.94. The molecule has 2 aromatic carbocycles. The molecule has 1 aromatic heterocycles. The maximum atomic E-state index is 10.6. The van der Waals surface area contributed by atoms with Crippen LogP contribution >= 0.6 is 23.2 Å². The zero-order valence-electron chi connectivity index (χ0n) is 22.8. The number of halogens is 5. The maximum absolute atomic E-state index is 10.6. The van der Waals surface area contributed by atoms with E-state index < -0.39 is 12.1 Å². The van der Waals surface area contributed by atoms with Crippen LogP contribution in [0.25, 0.3) is 11.3 Å². The summed E-state index contributed by atoms with van der Waals surface area (Å²) >= 11 is 12.9. The van der Waals surface area contributed by atoms with Gasteiger partial charge in [-0.25, -0.2) is 14.8 Å². The molecule has 1 atom stereocenters. The van der Waals surface area contributed by atoms with Crippen LogP contribution in [0, 0.1) is 0 Å². The number of fused-ring (bicyclic) bond motifs is 1. The summed E-state index contributed by atoms with van der Waals surface area (Å²) in [4.78, 5) is 20.0. The van der Waals surface area contributed by atoms with Crippen molar-refractivity contribution in [3.05, 3.63) is 75.5 Å². The highest BCUT2D eigenvalue weighted by atomic mass is 35.5. The molecule has 4 N–H and O–H groups in total. The molecule has 3 aromatic rings. The molecule has 42 heavy (non-hydrogen) atoms. The standard InChI is InChI=1S/C26H31Cl2N5O2.C2HF3O2/c1-33-15-22(21-12-20(27)13-24(28)23(21)16-33)18-3-2-4-19(11-18)25-14-26(32-17-31-25)30-6-8-35-10-9-34-7-5-29;3-2(4,5)1(6)7/h2-4,11-14,17,22H,5-10,15-16,29H2,1H3,(H,30,31,32);(H,6,7)/t22-;/m0./s1. The molecule has 0 amide bonds. The van der Waals surface area contributed by atoms with E-state index in [1.165, 1.54) is 11.1 Å². The van der Waals surface area contributed by atoms with Gasteiger partial charge in [0.25, 0.3) is 0 Å². The number of hydrogen-bond donors (Lipinski definition) is 3. The highest BCUT2D eigenvalue weighted by molar-refractivity contribution is 6.35. The first-order valence-electron chi connectivity index (χ1n) is 13.0. The number of alkyl halides is 3. The Labute approximate surface area is 251 Å². The van der Waals surface area contributed by atoms with Crippen molar-refractivity contribution in [1.29, 1.82) is 0 Å². The summed E-state index contributed by atoms with van der Waals surface area (Å²) in [6.45, 7) is 5.06. The number of hydrogen-bond acceptors (Lipinski definition) is 8. The van der Waals surface area contributed by atoms with Crippen LogP contribution in [0.15, 0.2) is 48.8 Å². The van der Waals surface area contributed by atoms with Gasteiger partial charge in [0, 0.05) is 53.8 Å². The summed E-state index contributed by atoms with van der Waals surface area (Å²) < 4.78 is 42.6. The lowest BCUT2D eigenvalue weighted by Gasteiger charge is -2.33. The average molecular weight is 630 g/mol. The normalized spacial score (nSPS) is 15.0. The smallest absolute Gasteiger partial charge is 0.475 e. The van der Waals surface area contributed by atoms with Crippen molar-refractivity contribution in [2.75, 3.05) is 58.4 Å². The van der Waals surface area contributed by atoms with Gasteiger partial charge in [0.15, 0.2) is 0 Å². The van der Waals surface area contributed by atoms with E-state index in [2.05, 4.69) is 51.5 Å². The first-order valence-corrected chi connectivity index (χ1v) is 13.7. The molecule has 14 heteroatoms. The molecule has 1 aliphatic rings. The minimum Gasteiger partial charge on any atom is -0.475 e. The number of aromatic nitrogens is 2. The van der Waals surface area contributed by atoms with Crippen molar-refractivity contribution in [3.8, 4) is 11.3 Å². The number of nitrogens with one attached hydrogen (secondary N) is 1. The number of ether oxygens (including phenoxy) is 2. The third-order valence-electron chi connectivity index (χ3n) is 6.17. The second kappa shape index (κ2) is 16.0. The summed E-state index contributed by atoms with van der Waals surface area (Å²) in [6, 6.07) is 14.3. The summed E-state index contributed by atoms with van der Waals surface area (Å²) in [5.41, 5.74) is 10.8. The Bertz CT molecular complexity index is 1330. The number of anilines is 1. The lowest BCUT2D eigenvalue weighted by atomic mass is 9.84. The van der Waals surface area contributed by atoms with E-state index in [-0.39, 0.29) is 5.92 Å². The van der Waals surface area contributed by atoms with Gasteiger partial charge in [-0.05, 0) is 41.9 Å². The maximum Gasteiger partial charge on any atom is 0.490 e. The minimum atomic E-state index is -5.08. The van der Waals surface area contributed by atoms with Crippen molar-refractivity contribution in [2.45, 2.75) is 18.6 Å². The van der Waals surface area contributed by atoms with Gasteiger partial charge >= 0.3 is 12.1 Å². The Morgan fingerprint density at radius 2 is 1.83 bits per heavy atom. The van der Waals surface area contributed by atoms with E-state index in [0.29, 0.717) is 44.5 Å². The molecule has 0 radical (unpaired) electrons. The van der Waals surface area contributed by atoms with Crippen molar-refractivity contribution < 1.29 is 32.5 Å². The lowest BCUT2D eigenvalue weighted by molar-refractivity contribution is -0.192. The fourth-order valence-electron chi connectivity index (χ4n) is 4.31. The molecule has 0 aliphatic carbocycles. The Morgan fingerprint density at radius 3 is 2.52 bits per heavy atom. The number of carbonyl (C=O) groups is 1. The molecule has 0 unspecified atom stereocenters. The van der Waals surface area contributed by atoms with E-state index in [1.807, 2.05) is 18.2 Å². The van der Waals surface area contributed by atoms with Crippen LogP contribution in [0.2, 0.25) is 10.0 Å². The van der Waals surface area contributed by atoms with Crippen LogP contribution in [0.4, 0.5) is 19.0 Å². The van der Waals surface area contributed by atoms with E-state index in [9.17, 15) is 13.2 Å². The van der Waals surface area contributed by atoms with E-state index in [1.54, 1.807) is 6.33 Å². The monoisotopic (exact) mass is 629 g/mol. The van der Waals surface area contributed by atoms with Crippen LogP contribution in [-0.2, 0) is 20.8 Å². The molecule has 228 valence electrons. The van der Waals surface area contributed by atoms with Gasteiger partial charge < -0.3 is 30.5 Å². The molecule has 4 rings (SSSR count). The number of nitrogens with two attached hydrogens (primary N) is 1. The molecular formula is C28H32Cl2F3N5O4. The second-order valence-electron chi connectivity index (χ2n) is 9.36. The Kier molecular flexibility index (Phi) is 12.8. The van der Waals surface area contributed by atoms with Gasteiger partial charge in [0.1, 0.15) is 12.1 Å². The van der Waals surface area contributed by atoms with Crippen LogP contribution in [0.3, 0.4) is 0 Å². The van der Waals surface area contributed by atoms with Crippen molar-refractivity contribution in [3.63, 3.8) is 0 Å². The van der Waals surface area contributed by atoms with Gasteiger partial charge in [-0.2, -0.15) is 13.2 Å². The summed E-state index contributed by atoms with van der Waals surface area (Å²) in [5.74, 6) is -1.83. The summed E-state index contributed by atoms with van der Waals surface area (Å²) in [6.07, 6.45) is -3.50. The van der Waals surface area contributed by atoms with Crippen LogP contribution in [-0.4, -0.2) is 85.2 Å². The number of benzene rings is 2. The topological polar surface area (TPSA) is 123 Å². The predicted octanol–water partition coefficient (Wildman–Crippen LogP) is 5.06. The Hall–Kier alpha value is -3.00. The zero-order valence-corrected chi connectivity index (χ0v) is 24.3. The lowest BCUT2D eigenvalue weighted by Crippen LogP contribution is -2.31. The van der Waals surface area contributed by atoms with Crippen molar-refractivity contribution in [1.82, 2.24) is 14.9 Å². The Balaban J connectivity index is 0.000000616. The van der Waals surface area contributed by atoms with E-state index in [4.69, 9.17) is 48.3 Å². The summed E-state index contributed by atoms with van der Waals surface area (Å²) in [7, 11) is 2.12. The molecule has 9 nitrogen and oxygen atoms in total. The number of rotatable bonds is 11. The van der Waals surface area contributed by atoms with Crippen molar-refractivity contribution in [2.24, 2.45) is 5.73 Å². The van der Waals surface area contributed by atoms with Crippen LogP contribution in [0.1, 0.15) is 22.6 Å². The first-order chi connectivity index (χ1) is 20.0. The second-order valence-corrected chi connectivity index (χ2v) is 10.2. The van der Waals surface area contributed by atoms with Gasteiger partial charge in [-0.1, -0.05) is 41.4 Å². The molecule has 0 saturated carbocycles. The molecule has 0 saturated heterocycles. The number of carboxylic acid groups (broad SMARTS) is 1. The molecule has 0 fully saturated rings. The van der Waals surface area contributed by atoms with Gasteiger partial charge in [0.05, 0.1) is 32.1 Å². The van der Waals surface area contributed by atoms with Crippen LogP contribution in [0.5, 0.6) is 0 Å². The van der Waals surface area contributed by atoms with Crippen molar-refractivity contribution >= 4 is 35.0 Å². The number of likely N-dealkylation sites (N-methyl/N-ethyl adjacent to an activating group) is 1. The molecule has 0 bridgehead atoms. The third-order valence-corrected chi connectivity index (χ3v) is 6.73. The number of nitrogens with zero attached hydrogens (tertiary/aromatic N) is 3. The number of aliphatic carboxylic acids is 1. The largest absolute Gasteiger partial charge is 0.490 e. The molecular weight excluding hydrogens is 598 g/mol.